The highest BCUT2D eigenvalue weighted by atomic mass is 16.1. The quantitative estimate of drug-likeness (QED) is 0.631. The number of hydrogen-bond acceptors (Lipinski definition) is 4. The van der Waals surface area contributed by atoms with Crippen LogP contribution in [0.2, 0.25) is 0 Å². The van der Waals surface area contributed by atoms with E-state index in [1.807, 2.05) is 28.9 Å². The number of aromatic nitrogens is 2. The second kappa shape index (κ2) is 7.34. The number of rotatable bonds is 2. The minimum Gasteiger partial charge on any atom is -0.369 e. The van der Waals surface area contributed by atoms with Crippen LogP contribution in [-0.2, 0) is 4.79 Å². The summed E-state index contributed by atoms with van der Waals surface area (Å²) in [4.78, 5) is 22.7. The van der Waals surface area contributed by atoms with Crippen LogP contribution in [0.15, 0.2) is 48.9 Å². The molecule has 0 N–H and O–H groups in total. The fraction of sp³-hybridized carbons (Fsp3) is 0.385. The fourth-order valence-corrected chi connectivity index (χ4v) is 5.60. The number of carbonyl (C=O) groups is 1. The van der Waals surface area contributed by atoms with E-state index >= 15 is 0 Å². The standard InChI is InChI=1S/C26H28N4O/c1-18-13-25(31)24(20-5-7-26-27-8-10-30(26)16-20)14-19-4-6-21(15-23(18)19)29-12-11-28-9-2-3-22(28)17-29/h4-8,10,14-16,18,22H,2-3,9,11-13,17H2,1H3/t18?,22-/m0/s1. The fourth-order valence-electron chi connectivity index (χ4n) is 5.60. The smallest absolute Gasteiger partial charge is 0.164 e. The predicted octanol–water partition coefficient (Wildman–Crippen LogP) is 4.24. The molecule has 3 aromatic rings. The summed E-state index contributed by atoms with van der Waals surface area (Å²) in [6, 6.07) is 11.5. The summed E-state index contributed by atoms with van der Waals surface area (Å²) in [5, 5.41) is 0. The molecule has 1 aliphatic carbocycles. The van der Waals surface area contributed by atoms with Crippen molar-refractivity contribution in [3.8, 4) is 0 Å². The van der Waals surface area contributed by atoms with Gasteiger partial charge in [0.15, 0.2) is 5.78 Å². The van der Waals surface area contributed by atoms with Gasteiger partial charge in [-0.15, -0.1) is 0 Å². The lowest BCUT2D eigenvalue weighted by molar-refractivity contribution is -0.113. The highest BCUT2D eigenvalue weighted by molar-refractivity contribution is 6.26. The van der Waals surface area contributed by atoms with Crippen LogP contribution in [0.3, 0.4) is 0 Å². The van der Waals surface area contributed by atoms with Crippen LogP contribution in [0, 0.1) is 0 Å². The molecule has 31 heavy (non-hydrogen) atoms. The molecule has 0 bridgehead atoms. The summed E-state index contributed by atoms with van der Waals surface area (Å²) in [5.41, 5.74) is 6.42. The van der Waals surface area contributed by atoms with Gasteiger partial charge in [0.2, 0.25) is 0 Å². The van der Waals surface area contributed by atoms with Gasteiger partial charge in [-0.25, -0.2) is 4.98 Å². The Morgan fingerprint density at radius 2 is 2.03 bits per heavy atom. The Balaban J connectivity index is 1.36. The summed E-state index contributed by atoms with van der Waals surface area (Å²) in [6.07, 6.45) is 11.0. The predicted molar refractivity (Wildman–Crippen MR) is 124 cm³/mol. The molecule has 2 aliphatic heterocycles. The van der Waals surface area contributed by atoms with Gasteiger partial charge in [0.05, 0.1) is 0 Å². The van der Waals surface area contributed by atoms with Gasteiger partial charge in [-0.05, 0) is 66.8 Å². The minimum atomic E-state index is 0.209. The normalized spacial score (nSPS) is 24.1. The number of pyridine rings is 1. The van der Waals surface area contributed by atoms with E-state index in [0.717, 1.165) is 36.4 Å². The highest BCUT2D eigenvalue weighted by Gasteiger charge is 2.31. The number of Topliss-reactive ketones (excluding diaryl/α,β-unsaturated/α-hetero) is 1. The van der Waals surface area contributed by atoms with E-state index in [-0.39, 0.29) is 11.7 Å². The maximum atomic E-state index is 13.2. The lowest BCUT2D eigenvalue weighted by Gasteiger charge is -2.39. The van der Waals surface area contributed by atoms with Gasteiger partial charge in [0.25, 0.3) is 0 Å². The first-order chi connectivity index (χ1) is 15.2. The van der Waals surface area contributed by atoms with Crippen molar-refractivity contribution in [1.82, 2.24) is 14.3 Å². The molecule has 0 saturated carbocycles. The molecule has 6 rings (SSSR count). The Bertz CT molecular complexity index is 1190. The first kappa shape index (κ1) is 18.8. The molecule has 1 aromatic carbocycles. The maximum Gasteiger partial charge on any atom is 0.164 e. The van der Waals surface area contributed by atoms with Crippen LogP contribution in [0.1, 0.15) is 48.8 Å². The van der Waals surface area contributed by atoms with E-state index < -0.39 is 0 Å². The van der Waals surface area contributed by atoms with Gasteiger partial charge in [-0.3, -0.25) is 9.69 Å². The lowest BCUT2D eigenvalue weighted by atomic mass is 9.92. The van der Waals surface area contributed by atoms with Crippen LogP contribution in [0.5, 0.6) is 0 Å². The SMILES string of the molecule is CC1CC(=O)C(c2ccc3nccn3c2)=Cc2ccc(N3CCN4CCC[C@H]4C3)cc21. The van der Waals surface area contributed by atoms with E-state index in [2.05, 4.69) is 46.0 Å². The Labute approximate surface area is 183 Å². The second-order valence-electron chi connectivity index (χ2n) is 9.29. The summed E-state index contributed by atoms with van der Waals surface area (Å²) in [5.74, 6) is 0.422. The molecule has 0 radical (unpaired) electrons. The zero-order valence-electron chi connectivity index (χ0n) is 18.0. The topological polar surface area (TPSA) is 40.9 Å². The van der Waals surface area contributed by atoms with Crippen LogP contribution >= 0.6 is 0 Å². The van der Waals surface area contributed by atoms with Crippen molar-refractivity contribution in [2.75, 3.05) is 31.1 Å². The molecular weight excluding hydrogens is 384 g/mol. The van der Waals surface area contributed by atoms with Gasteiger partial charge in [-0.2, -0.15) is 0 Å². The molecule has 0 spiro atoms. The average molecular weight is 413 g/mol. The number of fused-ring (bicyclic) bond motifs is 3. The van der Waals surface area contributed by atoms with E-state index in [0.29, 0.717) is 12.5 Å². The Morgan fingerprint density at radius 3 is 2.97 bits per heavy atom. The van der Waals surface area contributed by atoms with Crippen LogP contribution < -0.4 is 4.90 Å². The molecule has 158 valence electrons. The number of carbonyl (C=O) groups excluding carboxylic acids is 1. The van der Waals surface area contributed by atoms with Crippen LogP contribution in [-0.4, -0.2) is 52.3 Å². The average Bonchev–Trinajstić information content (AvgIpc) is 3.42. The Kier molecular flexibility index (Phi) is 4.46. The third-order valence-corrected chi connectivity index (χ3v) is 7.35. The Morgan fingerprint density at radius 1 is 1.10 bits per heavy atom. The monoisotopic (exact) mass is 412 g/mol. The van der Waals surface area contributed by atoms with E-state index in [1.54, 1.807) is 6.20 Å². The van der Waals surface area contributed by atoms with Crippen molar-refractivity contribution >= 4 is 28.8 Å². The molecule has 2 aromatic heterocycles. The third-order valence-electron chi connectivity index (χ3n) is 7.35. The number of anilines is 1. The number of benzene rings is 1. The molecule has 2 atom stereocenters. The number of ketones is 1. The van der Waals surface area contributed by atoms with E-state index in [9.17, 15) is 4.79 Å². The summed E-state index contributed by atoms with van der Waals surface area (Å²) < 4.78 is 1.98. The largest absolute Gasteiger partial charge is 0.369 e. The Hall–Kier alpha value is -2.92. The molecule has 2 saturated heterocycles. The first-order valence-electron chi connectivity index (χ1n) is 11.5. The number of nitrogens with zero attached hydrogens (tertiary/aromatic N) is 4. The van der Waals surface area contributed by atoms with Crippen LogP contribution in [0.25, 0.3) is 17.3 Å². The van der Waals surface area contributed by atoms with Crippen molar-refractivity contribution in [3.05, 3.63) is 65.6 Å². The number of imidazole rings is 1. The molecule has 5 heteroatoms. The number of hydrogen-bond donors (Lipinski definition) is 0. The zero-order valence-corrected chi connectivity index (χ0v) is 18.0. The van der Waals surface area contributed by atoms with Gasteiger partial charge >= 0.3 is 0 Å². The van der Waals surface area contributed by atoms with Gasteiger partial charge in [0.1, 0.15) is 5.65 Å². The third kappa shape index (κ3) is 3.28. The van der Waals surface area contributed by atoms with Crippen molar-refractivity contribution in [3.63, 3.8) is 0 Å². The zero-order chi connectivity index (χ0) is 20.9. The van der Waals surface area contributed by atoms with Crippen molar-refractivity contribution in [1.29, 1.82) is 0 Å². The minimum absolute atomic E-state index is 0.209. The van der Waals surface area contributed by atoms with Gasteiger partial charge in [0, 0.05) is 67.5 Å². The van der Waals surface area contributed by atoms with Crippen molar-refractivity contribution in [2.24, 2.45) is 0 Å². The number of allylic oxidation sites excluding steroid dienone is 1. The lowest BCUT2D eigenvalue weighted by Crippen LogP contribution is -2.50. The molecular formula is C26H28N4O. The molecule has 0 amide bonds. The van der Waals surface area contributed by atoms with Gasteiger partial charge in [-0.1, -0.05) is 13.0 Å². The number of piperazine rings is 1. The maximum absolute atomic E-state index is 13.2. The van der Waals surface area contributed by atoms with Crippen LogP contribution in [0.4, 0.5) is 5.69 Å². The molecule has 2 fully saturated rings. The molecule has 1 unspecified atom stereocenters. The highest BCUT2D eigenvalue weighted by Crippen LogP contribution is 2.36. The van der Waals surface area contributed by atoms with E-state index in [1.165, 1.54) is 36.2 Å². The summed E-state index contributed by atoms with van der Waals surface area (Å²) in [6.45, 7) is 6.83. The van der Waals surface area contributed by atoms with Crippen molar-refractivity contribution in [2.45, 2.75) is 38.1 Å². The summed E-state index contributed by atoms with van der Waals surface area (Å²) in [7, 11) is 0. The summed E-state index contributed by atoms with van der Waals surface area (Å²) >= 11 is 0. The van der Waals surface area contributed by atoms with E-state index in [4.69, 9.17) is 0 Å². The first-order valence-corrected chi connectivity index (χ1v) is 11.5. The van der Waals surface area contributed by atoms with Gasteiger partial charge < -0.3 is 9.30 Å². The second-order valence-corrected chi connectivity index (χ2v) is 9.29. The molecule has 5 nitrogen and oxygen atoms in total. The molecule has 4 heterocycles. The van der Waals surface area contributed by atoms with Crippen molar-refractivity contribution < 1.29 is 4.79 Å². The molecule has 3 aliphatic rings.